The summed E-state index contributed by atoms with van der Waals surface area (Å²) in [5, 5.41) is 7.12. The van der Waals surface area contributed by atoms with Gasteiger partial charge in [-0.25, -0.2) is 0 Å². The van der Waals surface area contributed by atoms with Crippen molar-refractivity contribution < 1.29 is 9.59 Å². The van der Waals surface area contributed by atoms with Crippen LogP contribution in [0.3, 0.4) is 0 Å². The predicted molar refractivity (Wildman–Crippen MR) is 76.3 cm³/mol. The molecule has 0 saturated carbocycles. The molecular formula is C14H22N4O2. The van der Waals surface area contributed by atoms with E-state index in [0.29, 0.717) is 12.3 Å². The number of carbonyl (C=O) groups is 2. The number of hydrogen-bond donors (Lipinski definition) is 1. The molecule has 2 heterocycles. The van der Waals surface area contributed by atoms with Crippen molar-refractivity contribution in [2.75, 3.05) is 11.4 Å². The molecule has 0 bridgehead atoms. The molecule has 0 aromatic carbocycles. The molecule has 0 aliphatic carbocycles. The lowest BCUT2D eigenvalue weighted by atomic mass is 10.0. The molecule has 1 aliphatic heterocycles. The Kier molecular flexibility index (Phi) is 4.11. The molecule has 0 spiro atoms. The number of aromatic nitrogens is 2. The van der Waals surface area contributed by atoms with Crippen molar-refractivity contribution in [3.8, 4) is 0 Å². The fourth-order valence-corrected chi connectivity index (χ4v) is 2.55. The molecule has 110 valence electrons. The van der Waals surface area contributed by atoms with Crippen LogP contribution in [-0.4, -0.2) is 34.2 Å². The first-order chi connectivity index (χ1) is 9.42. The zero-order valence-corrected chi connectivity index (χ0v) is 12.5. The first-order valence-corrected chi connectivity index (χ1v) is 7.05. The SMILES string of the molecule is CCc1nn(C)cc1N1CC(=O)NC(CC(C)C)C1=O. The number of aryl methyl sites for hydroxylation is 2. The molecule has 1 fully saturated rings. The summed E-state index contributed by atoms with van der Waals surface area (Å²) >= 11 is 0. The van der Waals surface area contributed by atoms with Crippen molar-refractivity contribution in [3.05, 3.63) is 11.9 Å². The molecule has 2 amide bonds. The number of piperazine rings is 1. The summed E-state index contributed by atoms with van der Waals surface area (Å²) in [5.41, 5.74) is 1.60. The van der Waals surface area contributed by atoms with Crippen LogP contribution in [0, 0.1) is 5.92 Å². The van der Waals surface area contributed by atoms with Crippen molar-refractivity contribution in [2.45, 2.75) is 39.7 Å². The van der Waals surface area contributed by atoms with Crippen LogP contribution in [0.15, 0.2) is 6.20 Å². The van der Waals surface area contributed by atoms with Crippen molar-refractivity contribution >= 4 is 17.5 Å². The lowest BCUT2D eigenvalue weighted by molar-refractivity contribution is -0.131. The third kappa shape index (κ3) is 2.84. The largest absolute Gasteiger partial charge is 0.343 e. The summed E-state index contributed by atoms with van der Waals surface area (Å²) in [6, 6.07) is -0.429. The number of hydrogen-bond acceptors (Lipinski definition) is 3. The molecule has 0 radical (unpaired) electrons. The first-order valence-electron chi connectivity index (χ1n) is 7.05. The second-order valence-corrected chi connectivity index (χ2v) is 5.66. The smallest absolute Gasteiger partial charge is 0.250 e. The minimum atomic E-state index is -0.429. The average molecular weight is 278 g/mol. The molecule has 1 aromatic heterocycles. The highest BCUT2D eigenvalue weighted by atomic mass is 16.2. The van der Waals surface area contributed by atoms with Gasteiger partial charge in [0.2, 0.25) is 11.8 Å². The summed E-state index contributed by atoms with van der Waals surface area (Å²) in [6.45, 7) is 6.15. The van der Waals surface area contributed by atoms with E-state index in [0.717, 1.165) is 17.8 Å². The lowest BCUT2D eigenvalue weighted by Crippen LogP contribution is -2.58. The zero-order chi connectivity index (χ0) is 14.9. The highest BCUT2D eigenvalue weighted by Crippen LogP contribution is 2.23. The highest BCUT2D eigenvalue weighted by Gasteiger charge is 2.35. The standard InChI is InChI=1S/C14H22N4O2/c1-5-10-12(7-17(4)16-10)18-8-13(19)15-11(14(18)20)6-9(2)3/h7,9,11H,5-6,8H2,1-4H3,(H,15,19). The quantitative estimate of drug-likeness (QED) is 0.888. The Morgan fingerprint density at radius 1 is 1.45 bits per heavy atom. The average Bonchev–Trinajstić information content (AvgIpc) is 2.74. The van der Waals surface area contributed by atoms with Crippen LogP contribution >= 0.6 is 0 Å². The fraction of sp³-hybridized carbons (Fsp3) is 0.643. The predicted octanol–water partition coefficient (Wildman–Crippen LogP) is 0.860. The topological polar surface area (TPSA) is 67.2 Å². The lowest BCUT2D eigenvalue weighted by Gasteiger charge is -2.33. The van der Waals surface area contributed by atoms with Gasteiger partial charge in [-0.05, 0) is 18.8 Å². The maximum atomic E-state index is 12.6. The van der Waals surface area contributed by atoms with Crippen LogP contribution in [0.1, 0.15) is 32.9 Å². The second-order valence-electron chi connectivity index (χ2n) is 5.66. The molecular weight excluding hydrogens is 256 g/mol. The van der Waals surface area contributed by atoms with Crippen LogP contribution in [0.4, 0.5) is 5.69 Å². The van der Waals surface area contributed by atoms with Gasteiger partial charge in [-0.2, -0.15) is 5.10 Å². The van der Waals surface area contributed by atoms with Gasteiger partial charge in [0.05, 0.1) is 11.4 Å². The Balaban J connectivity index is 2.29. The fourth-order valence-electron chi connectivity index (χ4n) is 2.55. The van der Waals surface area contributed by atoms with E-state index in [2.05, 4.69) is 10.4 Å². The molecule has 20 heavy (non-hydrogen) atoms. The first kappa shape index (κ1) is 14.6. The third-order valence-electron chi connectivity index (χ3n) is 3.42. The zero-order valence-electron chi connectivity index (χ0n) is 12.5. The highest BCUT2D eigenvalue weighted by molar-refractivity contribution is 6.06. The van der Waals surface area contributed by atoms with Gasteiger partial charge in [-0.15, -0.1) is 0 Å². The van der Waals surface area contributed by atoms with Gasteiger partial charge < -0.3 is 5.32 Å². The Morgan fingerprint density at radius 3 is 2.75 bits per heavy atom. The minimum absolute atomic E-state index is 0.0407. The molecule has 1 aliphatic rings. The number of anilines is 1. The number of nitrogens with zero attached hydrogens (tertiary/aromatic N) is 3. The van der Waals surface area contributed by atoms with Crippen LogP contribution in [-0.2, 0) is 23.1 Å². The summed E-state index contributed by atoms with van der Waals surface area (Å²) in [4.78, 5) is 26.0. The van der Waals surface area contributed by atoms with E-state index in [-0.39, 0.29) is 18.4 Å². The van der Waals surface area contributed by atoms with E-state index in [1.807, 2.05) is 34.0 Å². The summed E-state index contributed by atoms with van der Waals surface area (Å²) < 4.78 is 1.69. The van der Waals surface area contributed by atoms with Crippen molar-refractivity contribution in [1.29, 1.82) is 0 Å². The molecule has 6 heteroatoms. The van der Waals surface area contributed by atoms with Gasteiger partial charge in [-0.3, -0.25) is 19.2 Å². The normalized spacial score (nSPS) is 19.6. The van der Waals surface area contributed by atoms with E-state index in [1.54, 1.807) is 9.58 Å². The summed E-state index contributed by atoms with van der Waals surface area (Å²) in [7, 11) is 1.82. The Hall–Kier alpha value is -1.85. The maximum Gasteiger partial charge on any atom is 0.250 e. The van der Waals surface area contributed by atoms with Gasteiger partial charge in [0, 0.05) is 13.2 Å². The van der Waals surface area contributed by atoms with Crippen LogP contribution < -0.4 is 10.2 Å². The summed E-state index contributed by atoms with van der Waals surface area (Å²) in [6.07, 6.45) is 3.20. The number of nitrogens with one attached hydrogen (secondary N) is 1. The molecule has 1 atom stereocenters. The van der Waals surface area contributed by atoms with E-state index in [9.17, 15) is 9.59 Å². The van der Waals surface area contributed by atoms with Gasteiger partial charge in [0.15, 0.2) is 0 Å². The van der Waals surface area contributed by atoms with E-state index in [4.69, 9.17) is 0 Å². The minimum Gasteiger partial charge on any atom is -0.343 e. The Morgan fingerprint density at radius 2 is 2.15 bits per heavy atom. The number of rotatable bonds is 4. The van der Waals surface area contributed by atoms with Gasteiger partial charge in [0.25, 0.3) is 0 Å². The van der Waals surface area contributed by atoms with Crippen molar-refractivity contribution in [3.63, 3.8) is 0 Å². The number of carbonyl (C=O) groups excluding carboxylic acids is 2. The monoisotopic (exact) mass is 278 g/mol. The van der Waals surface area contributed by atoms with Gasteiger partial charge in [-0.1, -0.05) is 20.8 Å². The van der Waals surface area contributed by atoms with Crippen LogP contribution in [0.2, 0.25) is 0 Å². The number of amides is 2. The molecule has 1 saturated heterocycles. The molecule has 1 N–H and O–H groups in total. The van der Waals surface area contributed by atoms with Gasteiger partial charge >= 0.3 is 0 Å². The van der Waals surface area contributed by atoms with Gasteiger partial charge in [0.1, 0.15) is 12.6 Å². The van der Waals surface area contributed by atoms with E-state index in [1.165, 1.54) is 0 Å². The summed E-state index contributed by atoms with van der Waals surface area (Å²) in [5.74, 6) is 0.200. The Bertz CT molecular complexity index is 521. The Labute approximate surface area is 119 Å². The van der Waals surface area contributed by atoms with E-state index < -0.39 is 6.04 Å². The van der Waals surface area contributed by atoms with Crippen LogP contribution in [0.5, 0.6) is 0 Å². The van der Waals surface area contributed by atoms with Crippen LogP contribution in [0.25, 0.3) is 0 Å². The van der Waals surface area contributed by atoms with E-state index >= 15 is 0 Å². The molecule has 6 nitrogen and oxygen atoms in total. The second kappa shape index (κ2) is 5.64. The molecule has 2 rings (SSSR count). The molecule has 1 aromatic rings. The van der Waals surface area contributed by atoms with Crippen molar-refractivity contribution in [1.82, 2.24) is 15.1 Å². The molecule has 1 unspecified atom stereocenters. The maximum absolute atomic E-state index is 12.6. The van der Waals surface area contributed by atoms with Crippen molar-refractivity contribution in [2.24, 2.45) is 13.0 Å². The third-order valence-corrected chi connectivity index (χ3v) is 3.42.